The molecule has 26 heavy (non-hydrogen) atoms. The number of rotatable bonds is 5. The maximum absolute atomic E-state index is 13.1. The molecule has 132 valence electrons. The molecule has 6 heteroatoms. The molecule has 0 fully saturated rings. The zero-order chi connectivity index (χ0) is 18.5. The summed E-state index contributed by atoms with van der Waals surface area (Å²) in [6.45, 7) is 1.91. The van der Waals surface area contributed by atoms with Crippen molar-refractivity contribution in [3.63, 3.8) is 0 Å². The predicted octanol–water partition coefficient (Wildman–Crippen LogP) is 4.17. The minimum absolute atomic E-state index is 0.116. The molecule has 0 saturated carbocycles. The maximum Gasteiger partial charge on any atom is 0.229 e. The van der Waals surface area contributed by atoms with Gasteiger partial charge in [0, 0.05) is 5.56 Å². The number of carbonyl (C=O) groups is 1. The van der Waals surface area contributed by atoms with Crippen LogP contribution in [0.15, 0.2) is 54.7 Å². The Morgan fingerprint density at radius 3 is 2.23 bits per heavy atom. The van der Waals surface area contributed by atoms with Gasteiger partial charge in [0.1, 0.15) is 11.6 Å². The van der Waals surface area contributed by atoms with Crippen LogP contribution in [0.5, 0.6) is 0 Å². The van der Waals surface area contributed by atoms with Gasteiger partial charge >= 0.3 is 0 Å². The van der Waals surface area contributed by atoms with Gasteiger partial charge in [-0.15, -0.1) is 0 Å². The zero-order valence-corrected chi connectivity index (χ0v) is 14.2. The first-order valence-electron chi connectivity index (χ1n) is 8.21. The normalized spacial score (nSPS) is 10.6. The summed E-state index contributed by atoms with van der Waals surface area (Å²) in [5, 5.41) is 2.75. The highest BCUT2D eigenvalue weighted by Gasteiger charge is 2.11. The van der Waals surface area contributed by atoms with E-state index in [2.05, 4.69) is 15.3 Å². The summed E-state index contributed by atoms with van der Waals surface area (Å²) >= 11 is 0. The van der Waals surface area contributed by atoms with E-state index in [-0.39, 0.29) is 24.0 Å². The monoisotopic (exact) mass is 353 g/mol. The lowest BCUT2D eigenvalue weighted by molar-refractivity contribution is -0.115. The standard InChI is InChI=1S/C20H17F2N3O/c1-2-17-20(25-19(26)11-13-3-7-15(21)8-4-13)23-12-18(24-17)14-5-9-16(22)10-6-14/h3-10,12H,2,11H2,1H3,(H,23,25,26). The molecule has 0 aliphatic heterocycles. The number of benzene rings is 2. The molecule has 0 aliphatic rings. The lowest BCUT2D eigenvalue weighted by Gasteiger charge is -2.10. The van der Waals surface area contributed by atoms with Crippen molar-refractivity contribution in [2.45, 2.75) is 19.8 Å². The van der Waals surface area contributed by atoms with E-state index in [4.69, 9.17) is 0 Å². The van der Waals surface area contributed by atoms with Crippen LogP contribution in [0.2, 0.25) is 0 Å². The van der Waals surface area contributed by atoms with E-state index in [0.717, 1.165) is 5.56 Å². The fourth-order valence-electron chi connectivity index (χ4n) is 2.50. The Morgan fingerprint density at radius 1 is 1.00 bits per heavy atom. The van der Waals surface area contributed by atoms with E-state index in [1.165, 1.54) is 24.3 Å². The Balaban J connectivity index is 1.76. The van der Waals surface area contributed by atoms with Crippen molar-refractivity contribution in [1.82, 2.24) is 9.97 Å². The zero-order valence-electron chi connectivity index (χ0n) is 14.2. The second-order valence-corrected chi connectivity index (χ2v) is 5.76. The van der Waals surface area contributed by atoms with Crippen LogP contribution in [-0.4, -0.2) is 15.9 Å². The summed E-state index contributed by atoms with van der Waals surface area (Å²) < 4.78 is 26.0. The van der Waals surface area contributed by atoms with Gasteiger partial charge in [0.05, 0.1) is 24.0 Å². The molecule has 0 aliphatic carbocycles. The van der Waals surface area contributed by atoms with E-state index >= 15 is 0 Å². The summed E-state index contributed by atoms with van der Waals surface area (Å²) in [5.41, 5.74) is 2.70. The molecular weight excluding hydrogens is 336 g/mol. The largest absolute Gasteiger partial charge is 0.309 e. The number of anilines is 1. The van der Waals surface area contributed by atoms with E-state index in [0.29, 0.717) is 29.2 Å². The highest BCUT2D eigenvalue weighted by Crippen LogP contribution is 2.20. The Kier molecular flexibility index (Phi) is 5.31. The molecule has 3 rings (SSSR count). The van der Waals surface area contributed by atoms with Gasteiger partial charge in [-0.25, -0.2) is 18.7 Å². The van der Waals surface area contributed by atoms with Gasteiger partial charge in [0.2, 0.25) is 5.91 Å². The Bertz CT molecular complexity index is 909. The number of hydrogen-bond donors (Lipinski definition) is 1. The summed E-state index contributed by atoms with van der Waals surface area (Å²) in [6, 6.07) is 11.8. The van der Waals surface area contributed by atoms with Crippen molar-refractivity contribution >= 4 is 11.7 Å². The van der Waals surface area contributed by atoms with Gasteiger partial charge in [-0.3, -0.25) is 4.79 Å². The molecular formula is C20H17F2N3O. The van der Waals surface area contributed by atoms with Crippen molar-refractivity contribution in [3.8, 4) is 11.3 Å². The molecule has 1 N–H and O–H groups in total. The molecule has 0 bridgehead atoms. The first-order valence-corrected chi connectivity index (χ1v) is 8.21. The number of hydrogen-bond acceptors (Lipinski definition) is 3. The molecule has 1 heterocycles. The van der Waals surface area contributed by atoms with Gasteiger partial charge in [-0.05, 0) is 48.4 Å². The SMILES string of the molecule is CCc1nc(-c2ccc(F)cc2)cnc1NC(=O)Cc1ccc(F)cc1. The maximum atomic E-state index is 13.1. The number of nitrogens with one attached hydrogen (secondary N) is 1. The number of amides is 1. The fraction of sp³-hybridized carbons (Fsp3) is 0.150. The average Bonchev–Trinajstić information content (AvgIpc) is 2.64. The third kappa shape index (κ3) is 4.27. The first kappa shape index (κ1) is 17.7. The number of aryl methyl sites for hydroxylation is 1. The quantitative estimate of drug-likeness (QED) is 0.749. The smallest absolute Gasteiger partial charge is 0.229 e. The van der Waals surface area contributed by atoms with Crippen LogP contribution in [0, 0.1) is 11.6 Å². The number of nitrogens with zero attached hydrogens (tertiary/aromatic N) is 2. The Labute approximate surface area is 149 Å². The third-order valence-corrected chi connectivity index (χ3v) is 3.86. The molecule has 2 aromatic carbocycles. The molecule has 0 radical (unpaired) electrons. The summed E-state index contributed by atoms with van der Waals surface area (Å²) in [4.78, 5) is 21.0. The van der Waals surface area contributed by atoms with Crippen LogP contribution in [0.3, 0.4) is 0 Å². The number of aromatic nitrogens is 2. The number of carbonyl (C=O) groups excluding carboxylic acids is 1. The highest BCUT2D eigenvalue weighted by atomic mass is 19.1. The summed E-state index contributed by atoms with van der Waals surface area (Å²) in [6.07, 6.45) is 2.24. The molecule has 0 spiro atoms. The Hall–Kier alpha value is -3.15. The molecule has 0 atom stereocenters. The third-order valence-electron chi connectivity index (χ3n) is 3.86. The predicted molar refractivity (Wildman–Crippen MR) is 95.5 cm³/mol. The van der Waals surface area contributed by atoms with Crippen molar-refractivity contribution in [3.05, 3.63) is 77.6 Å². The van der Waals surface area contributed by atoms with Crippen molar-refractivity contribution in [1.29, 1.82) is 0 Å². The second-order valence-electron chi connectivity index (χ2n) is 5.76. The van der Waals surface area contributed by atoms with Gasteiger partial charge in [0.15, 0.2) is 5.82 Å². The summed E-state index contributed by atoms with van der Waals surface area (Å²) in [5.74, 6) is -0.521. The van der Waals surface area contributed by atoms with E-state index in [1.807, 2.05) is 6.92 Å². The van der Waals surface area contributed by atoms with Crippen molar-refractivity contribution in [2.24, 2.45) is 0 Å². The second kappa shape index (κ2) is 7.82. The van der Waals surface area contributed by atoms with Gasteiger partial charge in [-0.2, -0.15) is 0 Å². The topological polar surface area (TPSA) is 54.9 Å². The van der Waals surface area contributed by atoms with Gasteiger partial charge in [-0.1, -0.05) is 19.1 Å². The Morgan fingerprint density at radius 2 is 1.62 bits per heavy atom. The van der Waals surface area contributed by atoms with Crippen LogP contribution >= 0.6 is 0 Å². The minimum atomic E-state index is -0.343. The number of halogens is 2. The highest BCUT2D eigenvalue weighted by molar-refractivity contribution is 5.91. The molecule has 1 aromatic heterocycles. The van der Waals surface area contributed by atoms with Crippen LogP contribution in [0.4, 0.5) is 14.6 Å². The lowest BCUT2D eigenvalue weighted by Crippen LogP contribution is -2.17. The van der Waals surface area contributed by atoms with Gasteiger partial charge < -0.3 is 5.32 Å². The molecule has 3 aromatic rings. The van der Waals surface area contributed by atoms with Crippen LogP contribution in [-0.2, 0) is 17.6 Å². The minimum Gasteiger partial charge on any atom is -0.309 e. The van der Waals surface area contributed by atoms with Crippen molar-refractivity contribution < 1.29 is 13.6 Å². The van der Waals surface area contributed by atoms with Crippen LogP contribution in [0.1, 0.15) is 18.2 Å². The first-order chi connectivity index (χ1) is 12.5. The lowest BCUT2D eigenvalue weighted by atomic mass is 10.1. The van der Waals surface area contributed by atoms with E-state index in [1.54, 1.807) is 30.5 Å². The molecule has 4 nitrogen and oxygen atoms in total. The van der Waals surface area contributed by atoms with E-state index < -0.39 is 0 Å². The van der Waals surface area contributed by atoms with Gasteiger partial charge in [0.25, 0.3) is 0 Å². The molecule has 0 saturated heterocycles. The molecule has 1 amide bonds. The van der Waals surface area contributed by atoms with E-state index in [9.17, 15) is 13.6 Å². The van der Waals surface area contributed by atoms with Crippen LogP contribution in [0.25, 0.3) is 11.3 Å². The van der Waals surface area contributed by atoms with Crippen molar-refractivity contribution in [2.75, 3.05) is 5.32 Å². The average molecular weight is 353 g/mol. The fourth-order valence-corrected chi connectivity index (χ4v) is 2.50. The summed E-state index contributed by atoms with van der Waals surface area (Å²) in [7, 11) is 0. The van der Waals surface area contributed by atoms with Crippen LogP contribution < -0.4 is 5.32 Å². The molecule has 0 unspecified atom stereocenters.